The quantitative estimate of drug-likeness (QED) is 0.840. The van der Waals surface area contributed by atoms with Gasteiger partial charge in [0.25, 0.3) is 5.91 Å². The molecule has 0 radical (unpaired) electrons. The molecule has 5 heteroatoms. The van der Waals surface area contributed by atoms with Crippen molar-refractivity contribution in [1.29, 1.82) is 0 Å². The summed E-state index contributed by atoms with van der Waals surface area (Å²) in [6, 6.07) is 9.29. The Morgan fingerprint density at radius 2 is 2.05 bits per heavy atom. The van der Waals surface area contributed by atoms with Crippen LogP contribution in [0.4, 0.5) is 0 Å². The monoisotopic (exact) mass is 262 g/mol. The molecule has 3 atom stereocenters. The number of hydrogen-bond donors (Lipinski definition) is 2. The first-order valence-corrected chi connectivity index (χ1v) is 6.40. The van der Waals surface area contributed by atoms with E-state index in [0.717, 1.165) is 10.6 Å². The topological polar surface area (TPSA) is 73.1 Å². The van der Waals surface area contributed by atoms with Crippen LogP contribution in [0.25, 0.3) is 0 Å². The van der Waals surface area contributed by atoms with Crippen molar-refractivity contribution in [3.63, 3.8) is 0 Å². The second-order valence-corrected chi connectivity index (χ2v) is 4.63. The van der Waals surface area contributed by atoms with Crippen molar-refractivity contribution in [2.45, 2.75) is 31.5 Å². The Labute approximate surface area is 112 Å². The van der Waals surface area contributed by atoms with Crippen molar-refractivity contribution >= 4 is 12.1 Å². The number of carbonyl (C=O) groups excluding carboxylic acids is 1. The Balaban J connectivity index is 2.15. The van der Waals surface area contributed by atoms with E-state index in [9.17, 15) is 15.0 Å². The van der Waals surface area contributed by atoms with E-state index < -0.39 is 24.0 Å². The minimum atomic E-state index is -1.15. The zero-order valence-electron chi connectivity index (χ0n) is 10.8. The molecule has 0 spiro atoms. The number of aliphatic hydroxyl groups is 2. The van der Waals surface area contributed by atoms with Gasteiger partial charge in [0.05, 0.1) is 18.6 Å². The highest BCUT2D eigenvalue weighted by molar-refractivity contribution is 5.90. The van der Waals surface area contributed by atoms with Crippen LogP contribution in [0.2, 0.25) is 0 Å². The highest BCUT2D eigenvalue weighted by atomic mass is 16.3. The number of rotatable bonds is 4. The lowest BCUT2D eigenvalue weighted by Crippen LogP contribution is -2.46. The lowest BCUT2D eigenvalue weighted by atomic mass is 9.93. The summed E-state index contributed by atoms with van der Waals surface area (Å²) in [4.78, 5) is 12.0. The van der Waals surface area contributed by atoms with Crippen molar-refractivity contribution in [3.05, 3.63) is 35.9 Å². The Kier molecular flexibility index (Phi) is 4.29. The smallest absolute Gasteiger partial charge is 0.272 e. The zero-order valence-corrected chi connectivity index (χ0v) is 10.8. The average Bonchev–Trinajstić information content (AvgIpc) is 2.45. The maximum Gasteiger partial charge on any atom is 0.272 e. The summed E-state index contributed by atoms with van der Waals surface area (Å²) in [5.74, 6) is -0.896. The van der Waals surface area contributed by atoms with Crippen LogP contribution in [0.3, 0.4) is 0 Å². The van der Waals surface area contributed by atoms with Crippen molar-refractivity contribution in [2.75, 3.05) is 6.54 Å². The molecular formula is C14H18N2O3. The standard InChI is InChI=1S/C14H18N2O3/c1-2-11(17)9-16-14(19)13(18)12(8-15-16)10-6-4-3-5-7-10/h3-8,11-13,17-18H,2,9H2,1H3. The Hall–Kier alpha value is -1.72. The van der Waals surface area contributed by atoms with E-state index in [1.54, 1.807) is 6.21 Å². The van der Waals surface area contributed by atoms with Gasteiger partial charge in [-0.05, 0) is 12.0 Å². The molecule has 5 nitrogen and oxygen atoms in total. The fourth-order valence-corrected chi connectivity index (χ4v) is 2.01. The van der Waals surface area contributed by atoms with E-state index in [2.05, 4.69) is 5.10 Å². The molecule has 102 valence electrons. The molecule has 1 aliphatic heterocycles. The molecule has 1 aromatic rings. The number of β-amino-alcohol motifs (C(OH)–C–C–N with tert-alkyl or cyclic N) is 1. The molecule has 0 fully saturated rings. The van der Waals surface area contributed by atoms with Gasteiger partial charge in [0.15, 0.2) is 0 Å². The maximum atomic E-state index is 12.0. The van der Waals surface area contributed by atoms with Gasteiger partial charge in [-0.3, -0.25) is 4.79 Å². The number of aliphatic hydroxyl groups excluding tert-OH is 2. The summed E-state index contributed by atoms with van der Waals surface area (Å²) in [5.41, 5.74) is 0.850. The normalized spacial score (nSPS) is 24.6. The molecule has 0 saturated carbocycles. The fourth-order valence-electron chi connectivity index (χ4n) is 2.01. The molecule has 2 N–H and O–H groups in total. The molecule has 1 amide bonds. The number of hydrazone groups is 1. The van der Waals surface area contributed by atoms with Crippen LogP contribution in [0, 0.1) is 0 Å². The molecule has 0 aliphatic carbocycles. The summed E-state index contributed by atoms with van der Waals surface area (Å²) < 4.78 is 0. The SMILES string of the molecule is CCC(O)CN1N=CC(c2ccccc2)C(O)C1=O. The van der Waals surface area contributed by atoms with Crippen molar-refractivity contribution in [2.24, 2.45) is 5.10 Å². The summed E-state index contributed by atoms with van der Waals surface area (Å²) in [5, 5.41) is 24.8. The van der Waals surface area contributed by atoms with Gasteiger partial charge < -0.3 is 10.2 Å². The van der Waals surface area contributed by atoms with E-state index in [4.69, 9.17) is 0 Å². The third-order valence-electron chi connectivity index (χ3n) is 3.25. The molecule has 19 heavy (non-hydrogen) atoms. The van der Waals surface area contributed by atoms with Crippen LogP contribution in [-0.4, -0.2) is 46.1 Å². The van der Waals surface area contributed by atoms with Gasteiger partial charge in [-0.25, -0.2) is 5.01 Å². The van der Waals surface area contributed by atoms with Crippen molar-refractivity contribution in [1.82, 2.24) is 5.01 Å². The fraction of sp³-hybridized carbons (Fsp3) is 0.429. The molecule has 0 saturated heterocycles. The average molecular weight is 262 g/mol. The number of benzene rings is 1. The molecule has 1 aromatic carbocycles. The predicted molar refractivity (Wildman–Crippen MR) is 71.7 cm³/mol. The molecule has 0 aromatic heterocycles. The molecule has 1 aliphatic rings. The van der Waals surface area contributed by atoms with Gasteiger partial charge >= 0.3 is 0 Å². The zero-order chi connectivity index (χ0) is 13.8. The number of carbonyl (C=O) groups is 1. The second-order valence-electron chi connectivity index (χ2n) is 4.63. The minimum absolute atomic E-state index is 0.115. The minimum Gasteiger partial charge on any atom is -0.391 e. The van der Waals surface area contributed by atoms with Crippen LogP contribution in [0.5, 0.6) is 0 Å². The van der Waals surface area contributed by atoms with E-state index in [-0.39, 0.29) is 6.54 Å². The molecule has 2 rings (SSSR count). The second kappa shape index (κ2) is 5.95. The summed E-state index contributed by atoms with van der Waals surface area (Å²) in [6.45, 7) is 1.94. The first kappa shape index (κ1) is 13.7. The highest BCUT2D eigenvalue weighted by Gasteiger charge is 2.34. The summed E-state index contributed by atoms with van der Waals surface area (Å²) in [7, 11) is 0. The Bertz CT molecular complexity index is 461. The van der Waals surface area contributed by atoms with Gasteiger partial charge in [0, 0.05) is 6.21 Å². The van der Waals surface area contributed by atoms with Crippen LogP contribution >= 0.6 is 0 Å². The molecule has 3 unspecified atom stereocenters. The van der Waals surface area contributed by atoms with E-state index in [1.165, 1.54) is 0 Å². The van der Waals surface area contributed by atoms with Gasteiger partial charge in [-0.2, -0.15) is 5.10 Å². The van der Waals surface area contributed by atoms with E-state index in [1.807, 2.05) is 37.3 Å². The van der Waals surface area contributed by atoms with Crippen LogP contribution in [0.1, 0.15) is 24.8 Å². The third kappa shape index (κ3) is 3.00. The number of amides is 1. The first-order valence-electron chi connectivity index (χ1n) is 6.40. The lowest BCUT2D eigenvalue weighted by molar-refractivity contribution is -0.143. The lowest BCUT2D eigenvalue weighted by Gasteiger charge is -2.30. The van der Waals surface area contributed by atoms with Gasteiger partial charge in [0.2, 0.25) is 0 Å². The van der Waals surface area contributed by atoms with Crippen molar-refractivity contribution < 1.29 is 15.0 Å². The highest BCUT2D eigenvalue weighted by Crippen LogP contribution is 2.23. The van der Waals surface area contributed by atoms with E-state index in [0.29, 0.717) is 6.42 Å². The van der Waals surface area contributed by atoms with E-state index >= 15 is 0 Å². The predicted octanol–water partition coefficient (Wildman–Crippen LogP) is 0.730. The number of hydrogen-bond acceptors (Lipinski definition) is 4. The third-order valence-corrected chi connectivity index (χ3v) is 3.25. The molecular weight excluding hydrogens is 244 g/mol. The van der Waals surface area contributed by atoms with Gasteiger partial charge in [-0.15, -0.1) is 0 Å². The number of nitrogens with zero attached hydrogens (tertiary/aromatic N) is 2. The Morgan fingerprint density at radius 3 is 2.68 bits per heavy atom. The van der Waals surface area contributed by atoms with Crippen LogP contribution in [-0.2, 0) is 4.79 Å². The first-order chi connectivity index (χ1) is 9.13. The van der Waals surface area contributed by atoms with Crippen LogP contribution < -0.4 is 0 Å². The molecule has 0 bridgehead atoms. The maximum absolute atomic E-state index is 12.0. The summed E-state index contributed by atoms with van der Waals surface area (Å²) in [6.07, 6.45) is 0.326. The van der Waals surface area contributed by atoms with Crippen LogP contribution in [0.15, 0.2) is 35.4 Å². The Morgan fingerprint density at radius 1 is 1.37 bits per heavy atom. The molecule has 1 heterocycles. The summed E-state index contributed by atoms with van der Waals surface area (Å²) >= 11 is 0. The van der Waals surface area contributed by atoms with Gasteiger partial charge in [-0.1, -0.05) is 37.3 Å². The van der Waals surface area contributed by atoms with Gasteiger partial charge in [0.1, 0.15) is 6.10 Å². The largest absolute Gasteiger partial charge is 0.391 e. The van der Waals surface area contributed by atoms with Crippen molar-refractivity contribution in [3.8, 4) is 0 Å².